The van der Waals surface area contributed by atoms with E-state index < -0.39 is 42.6 Å². The summed E-state index contributed by atoms with van der Waals surface area (Å²) in [6.07, 6.45) is -3.55. The predicted octanol–water partition coefficient (Wildman–Crippen LogP) is 3.18. The zero-order chi connectivity index (χ0) is 27.9. The van der Waals surface area contributed by atoms with Crippen LogP contribution >= 0.6 is 0 Å². The molecule has 39 heavy (non-hydrogen) atoms. The minimum atomic E-state index is -1.53. The van der Waals surface area contributed by atoms with Crippen LogP contribution < -0.4 is 30.2 Å². The summed E-state index contributed by atoms with van der Waals surface area (Å²) in [5.41, 5.74) is 0. The Bertz CT molecular complexity index is 1260. The highest BCUT2D eigenvalue weighted by Gasteiger charge is 2.27. The number of carbonyl (C=O) groups is 5. The molecule has 3 N–H and O–H groups in total. The molecular weight excluding hydrogens is 510 g/mol. The zero-order valence-electron chi connectivity index (χ0n) is 20.5. The van der Waals surface area contributed by atoms with Crippen molar-refractivity contribution in [2.45, 2.75) is 12.5 Å². The molecule has 0 saturated heterocycles. The van der Waals surface area contributed by atoms with Crippen LogP contribution in [-0.4, -0.2) is 49.3 Å². The van der Waals surface area contributed by atoms with Gasteiger partial charge in [0.25, 0.3) is 0 Å². The van der Waals surface area contributed by atoms with Gasteiger partial charge in [-0.25, -0.2) is 19.2 Å². The largest absolute Gasteiger partial charge is 0.462 e. The van der Waals surface area contributed by atoms with Gasteiger partial charge in [0, 0.05) is 0 Å². The average molecular weight is 536 g/mol. The SMILES string of the molecule is O=C(C[C@H](NC(=O)Oc1ccccc1)C(=O)OCCNC(=O)Oc1ccccc1)NC(=O)Oc1ccccc1. The number of carbonyl (C=O) groups excluding carboxylic acids is 5. The van der Waals surface area contributed by atoms with E-state index in [1.54, 1.807) is 66.7 Å². The Morgan fingerprint density at radius 1 is 0.615 bits per heavy atom. The second-order valence-electron chi connectivity index (χ2n) is 7.65. The summed E-state index contributed by atoms with van der Waals surface area (Å²) in [6.45, 7) is -0.416. The predicted molar refractivity (Wildman–Crippen MR) is 136 cm³/mol. The fourth-order valence-corrected chi connectivity index (χ4v) is 2.97. The Balaban J connectivity index is 1.52. The molecule has 0 heterocycles. The third kappa shape index (κ3) is 10.6. The topological polar surface area (TPSA) is 158 Å². The van der Waals surface area contributed by atoms with Crippen molar-refractivity contribution in [3.63, 3.8) is 0 Å². The molecule has 202 valence electrons. The number of hydrogen-bond donors (Lipinski definition) is 3. The van der Waals surface area contributed by atoms with Gasteiger partial charge in [-0.15, -0.1) is 0 Å². The first kappa shape index (κ1) is 28.2. The van der Waals surface area contributed by atoms with Crippen molar-refractivity contribution < 1.29 is 42.9 Å². The lowest BCUT2D eigenvalue weighted by Crippen LogP contribution is -2.47. The third-order valence-electron chi connectivity index (χ3n) is 4.68. The quantitative estimate of drug-likeness (QED) is 0.262. The normalized spacial score (nSPS) is 10.8. The van der Waals surface area contributed by atoms with Gasteiger partial charge in [-0.1, -0.05) is 54.6 Å². The van der Waals surface area contributed by atoms with Crippen LogP contribution in [0.25, 0.3) is 0 Å². The molecule has 1 atom stereocenters. The Morgan fingerprint density at radius 3 is 1.59 bits per heavy atom. The first-order valence-corrected chi connectivity index (χ1v) is 11.7. The van der Waals surface area contributed by atoms with E-state index >= 15 is 0 Å². The van der Waals surface area contributed by atoms with Gasteiger partial charge in [0.15, 0.2) is 0 Å². The highest BCUT2D eigenvalue weighted by molar-refractivity contribution is 5.96. The van der Waals surface area contributed by atoms with Crippen molar-refractivity contribution in [3.05, 3.63) is 91.0 Å². The van der Waals surface area contributed by atoms with Gasteiger partial charge in [-0.3, -0.25) is 10.1 Å². The third-order valence-corrected chi connectivity index (χ3v) is 4.68. The molecule has 0 spiro atoms. The van der Waals surface area contributed by atoms with Gasteiger partial charge < -0.3 is 29.6 Å². The van der Waals surface area contributed by atoms with Crippen molar-refractivity contribution in [2.24, 2.45) is 0 Å². The Hall–Kier alpha value is -5.39. The number of para-hydroxylation sites is 3. The van der Waals surface area contributed by atoms with Gasteiger partial charge >= 0.3 is 24.2 Å². The van der Waals surface area contributed by atoms with Crippen LogP contribution in [0.5, 0.6) is 17.2 Å². The van der Waals surface area contributed by atoms with Gasteiger partial charge in [0.05, 0.1) is 13.0 Å². The second-order valence-corrected chi connectivity index (χ2v) is 7.65. The van der Waals surface area contributed by atoms with Crippen LogP contribution in [0.15, 0.2) is 91.0 Å². The fourth-order valence-electron chi connectivity index (χ4n) is 2.97. The standard InChI is InChI=1S/C27H25N3O9/c31-23(30-27(35)39-21-14-8-3-9-15-21)18-22(29-26(34)38-20-12-6-2-7-13-20)24(32)36-17-16-28-25(33)37-19-10-4-1-5-11-19/h1-15,22H,16-18H2,(H,28,33)(H,29,34)(H,30,31,35)/t22-/m0/s1. The number of esters is 1. The molecule has 12 nitrogen and oxygen atoms in total. The summed E-state index contributed by atoms with van der Waals surface area (Å²) >= 11 is 0. The summed E-state index contributed by atoms with van der Waals surface area (Å²) in [4.78, 5) is 61.2. The van der Waals surface area contributed by atoms with Crippen LogP contribution in [-0.2, 0) is 14.3 Å². The van der Waals surface area contributed by atoms with E-state index in [0.717, 1.165) is 0 Å². The number of imide groups is 1. The van der Waals surface area contributed by atoms with Crippen LogP contribution in [0.1, 0.15) is 6.42 Å². The molecule has 12 heteroatoms. The van der Waals surface area contributed by atoms with E-state index in [2.05, 4.69) is 10.6 Å². The summed E-state index contributed by atoms with van der Waals surface area (Å²) < 4.78 is 20.2. The van der Waals surface area contributed by atoms with E-state index in [1.807, 2.05) is 5.32 Å². The Labute approximate surface area is 223 Å². The summed E-state index contributed by atoms with van der Waals surface area (Å²) in [5.74, 6) is -1.22. The number of amides is 4. The lowest BCUT2D eigenvalue weighted by molar-refractivity contribution is -0.147. The molecule has 3 rings (SSSR count). The van der Waals surface area contributed by atoms with Gasteiger partial charge in [-0.05, 0) is 36.4 Å². The summed E-state index contributed by atoms with van der Waals surface area (Å²) in [5, 5.41) is 6.61. The van der Waals surface area contributed by atoms with E-state index in [9.17, 15) is 24.0 Å². The molecule has 4 amide bonds. The molecule has 0 aliphatic carbocycles. The van der Waals surface area contributed by atoms with Crippen molar-refractivity contribution in [2.75, 3.05) is 13.2 Å². The number of ether oxygens (including phenoxy) is 4. The number of nitrogens with one attached hydrogen (secondary N) is 3. The summed E-state index contributed by atoms with van der Waals surface area (Å²) in [6, 6.07) is 22.8. The monoisotopic (exact) mass is 535 g/mol. The molecule has 0 bridgehead atoms. The Morgan fingerprint density at radius 2 is 1.08 bits per heavy atom. The van der Waals surface area contributed by atoms with E-state index in [0.29, 0.717) is 5.75 Å². The minimum absolute atomic E-state index is 0.117. The molecule has 0 aliphatic rings. The molecular formula is C27H25N3O9. The smallest absolute Gasteiger partial charge is 0.419 e. The maximum atomic E-state index is 12.6. The maximum Gasteiger partial charge on any atom is 0.419 e. The van der Waals surface area contributed by atoms with Crippen molar-refractivity contribution in [1.29, 1.82) is 0 Å². The Kier molecular flexibility index (Phi) is 10.8. The van der Waals surface area contributed by atoms with Crippen LogP contribution in [0.2, 0.25) is 0 Å². The number of rotatable bonds is 10. The number of benzene rings is 3. The highest BCUT2D eigenvalue weighted by Crippen LogP contribution is 2.10. The van der Waals surface area contributed by atoms with Crippen LogP contribution in [0.3, 0.4) is 0 Å². The zero-order valence-corrected chi connectivity index (χ0v) is 20.5. The molecule has 0 fully saturated rings. The molecule has 0 unspecified atom stereocenters. The van der Waals surface area contributed by atoms with E-state index in [4.69, 9.17) is 18.9 Å². The van der Waals surface area contributed by atoms with E-state index in [-0.39, 0.29) is 24.7 Å². The van der Waals surface area contributed by atoms with Gasteiger partial charge in [-0.2, -0.15) is 0 Å². The molecule has 3 aromatic carbocycles. The molecule has 0 aliphatic heterocycles. The van der Waals surface area contributed by atoms with Crippen LogP contribution in [0, 0.1) is 0 Å². The van der Waals surface area contributed by atoms with Crippen molar-refractivity contribution in [3.8, 4) is 17.2 Å². The lowest BCUT2D eigenvalue weighted by atomic mass is 10.2. The molecule has 0 radical (unpaired) electrons. The summed E-state index contributed by atoms with van der Waals surface area (Å²) in [7, 11) is 0. The minimum Gasteiger partial charge on any atom is -0.462 e. The fraction of sp³-hybridized carbons (Fsp3) is 0.148. The maximum absolute atomic E-state index is 12.6. The molecule has 0 saturated carbocycles. The van der Waals surface area contributed by atoms with Crippen LogP contribution in [0.4, 0.5) is 14.4 Å². The number of hydrogen-bond acceptors (Lipinski definition) is 9. The molecule has 0 aromatic heterocycles. The van der Waals surface area contributed by atoms with Gasteiger partial charge in [0.2, 0.25) is 5.91 Å². The second kappa shape index (κ2) is 15.0. The van der Waals surface area contributed by atoms with Gasteiger partial charge in [0.1, 0.15) is 29.9 Å². The first-order chi connectivity index (χ1) is 18.9. The molecule has 3 aromatic rings. The van der Waals surface area contributed by atoms with E-state index in [1.165, 1.54) is 24.3 Å². The average Bonchev–Trinajstić information content (AvgIpc) is 2.92. The van der Waals surface area contributed by atoms with Crippen molar-refractivity contribution >= 4 is 30.2 Å². The first-order valence-electron chi connectivity index (χ1n) is 11.7. The van der Waals surface area contributed by atoms with Crippen molar-refractivity contribution in [1.82, 2.24) is 16.0 Å². The lowest BCUT2D eigenvalue weighted by Gasteiger charge is -2.17. The highest BCUT2D eigenvalue weighted by atomic mass is 16.6.